The van der Waals surface area contributed by atoms with Crippen LogP contribution in [-0.2, 0) is 4.79 Å². The van der Waals surface area contributed by atoms with Gasteiger partial charge >= 0.3 is 0 Å². The predicted molar refractivity (Wildman–Crippen MR) is 73.1 cm³/mol. The lowest BCUT2D eigenvalue weighted by Gasteiger charge is -2.25. The Morgan fingerprint density at radius 3 is 2.41 bits per heavy atom. The van der Waals surface area contributed by atoms with Gasteiger partial charge in [0.1, 0.15) is 5.82 Å². The maximum atomic E-state index is 11.9. The highest BCUT2D eigenvalue weighted by Gasteiger charge is 2.26. The number of aromatic nitrogens is 1. The normalized spacial score (nSPS) is 12.5. The number of nitrogens with two attached hydrogens (primary N) is 1. The van der Waals surface area contributed by atoms with E-state index in [0.29, 0.717) is 11.5 Å². The molecule has 4 nitrogen and oxygen atoms in total. The topological polar surface area (TPSA) is 68.0 Å². The molecule has 0 radical (unpaired) electrons. The van der Waals surface area contributed by atoms with Crippen molar-refractivity contribution in [3.8, 4) is 0 Å². The van der Waals surface area contributed by atoms with E-state index in [4.69, 9.17) is 5.73 Å². The highest BCUT2D eigenvalue weighted by atomic mass is 35.5. The molecule has 1 amide bonds. The third-order valence-corrected chi connectivity index (χ3v) is 2.75. The molecule has 0 fully saturated rings. The van der Waals surface area contributed by atoms with Gasteiger partial charge in [-0.1, -0.05) is 27.7 Å². The number of hydrogen-bond acceptors (Lipinski definition) is 3. The summed E-state index contributed by atoms with van der Waals surface area (Å²) in [6, 6.07) is 3.41. The molecule has 0 aliphatic heterocycles. The summed E-state index contributed by atoms with van der Waals surface area (Å²) in [5.41, 5.74) is 6.09. The number of carbonyl (C=O) groups is 1. The summed E-state index contributed by atoms with van der Waals surface area (Å²) in [5, 5.41) is 2.82. The molecule has 3 N–H and O–H groups in total. The fourth-order valence-electron chi connectivity index (χ4n) is 1.12. The average molecular weight is 258 g/mol. The first-order chi connectivity index (χ1) is 7.30. The van der Waals surface area contributed by atoms with E-state index in [1.807, 2.05) is 27.7 Å². The SMILES string of the molecule is CC(C(=O)Nc1ccc(N)nc1)C(C)(C)C.Cl. The van der Waals surface area contributed by atoms with Crippen LogP contribution in [0.5, 0.6) is 0 Å². The van der Waals surface area contributed by atoms with Crippen molar-refractivity contribution in [2.45, 2.75) is 27.7 Å². The van der Waals surface area contributed by atoms with Gasteiger partial charge in [0.05, 0.1) is 11.9 Å². The highest BCUT2D eigenvalue weighted by Crippen LogP contribution is 2.26. The molecule has 1 heterocycles. The van der Waals surface area contributed by atoms with Crippen LogP contribution in [0.15, 0.2) is 18.3 Å². The molecule has 0 saturated carbocycles. The third kappa shape index (κ3) is 4.61. The van der Waals surface area contributed by atoms with Crippen molar-refractivity contribution in [2.75, 3.05) is 11.1 Å². The second-order valence-corrected chi connectivity index (χ2v) is 5.05. The summed E-state index contributed by atoms with van der Waals surface area (Å²) < 4.78 is 0. The van der Waals surface area contributed by atoms with Crippen LogP contribution >= 0.6 is 12.4 Å². The fourth-order valence-corrected chi connectivity index (χ4v) is 1.12. The number of anilines is 2. The van der Waals surface area contributed by atoms with E-state index >= 15 is 0 Å². The Balaban J connectivity index is 0.00000256. The summed E-state index contributed by atoms with van der Waals surface area (Å²) in [5.74, 6) is 0.381. The lowest BCUT2D eigenvalue weighted by Crippen LogP contribution is -2.30. The van der Waals surface area contributed by atoms with E-state index in [9.17, 15) is 4.79 Å². The van der Waals surface area contributed by atoms with Gasteiger partial charge in [-0.25, -0.2) is 4.98 Å². The van der Waals surface area contributed by atoms with Crippen LogP contribution in [0.1, 0.15) is 27.7 Å². The Kier molecular flexibility index (Phi) is 5.42. The zero-order chi connectivity index (χ0) is 12.3. The zero-order valence-electron chi connectivity index (χ0n) is 10.7. The first kappa shape index (κ1) is 15.7. The molecule has 0 aliphatic carbocycles. The number of rotatable bonds is 2. The van der Waals surface area contributed by atoms with E-state index in [1.165, 1.54) is 0 Å². The largest absolute Gasteiger partial charge is 0.384 e. The predicted octanol–water partition coefficient (Wildman–Crippen LogP) is 2.71. The Hall–Kier alpha value is -1.29. The van der Waals surface area contributed by atoms with E-state index in [1.54, 1.807) is 18.3 Å². The van der Waals surface area contributed by atoms with Gasteiger partial charge in [-0.3, -0.25) is 4.79 Å². The maximum absolute atomic E-state index is 11.9. The zero-order valence-corrected chi connectivity index (χ0v) is 11.5. The van der Waals surface area contributed by atoms with Gasteiger partial charge in [0.2, 0.25) is 5.91 Å². The van der Waals surface area contributed by atoms with Crippen molar-refractivity contribution in [1.82, 2.24) is 4.98 Å². The minimum Gasteiger partial charge on any atom is -0.384 e. The van der Waals surface area contributed by atoms with E-state index in [-0.39, 0.29) is 29.6 Å². The van der Waals surface area contributed by atoms with Crippen LogP contribution in [0.2, 0.25) is 0 Å². The molecule has 0 saturated heterocycles. The highest BCUT2D eigenvalue weighted by molar-refractivity contribution is 5.92. The van der Waals surface area contributed by atoms with Crippen LogP contribution in [0.25, 0.3) is 0 Å². The Labute approximate surface area is 108 Å². The van der Waals surface area contributed by atoms with Gasteiger partial charge in [0.25, 0.3) is 0 Å². The lowest BCUT2D eigenvalue weighted by atomic mass is 9.81. The van der Waals surface area contributed by atoms with Gasteiger partial charge in [-0.2, -0.15) is 0 Å². The van der Waals surface area contributed by atoms with Crippen molar-refractivity contribution in [3.05, 3.63) is 18.3 Å². The average Bonchev–Trinajstić information content (AvgIpc) is 2.19. The maximum Gasteiger partial charge on any atom is 0.227 e. The standard InChI is InChI=1S/C12H19N3O.ClH/c1-8(12(2,3)4)11(16)15-9-5-6-10(13)14-7-9;/h5-8H,1-4H3,(H2,13,14)(H,15,16);1H. The van der Waals surface area contributed by atoms with E-state index in [2.05, 4.69) is 10.3 Å². The summed E-state index contributed by atoms with van der Waals surface area (Å²) in [6.45, 7) is 8.04. The molecular formula is C12H20ClN3O. The van der Waals surface area contributed by atoms with Gasteiger partial charge in [0, 0.05) is 5.92 Å². The number of amides is 1. The molecule has 1 aromatic heterocycles. The molecule has 1 rings (SSSR count). The Morgan fingerprint density at radius 2 is 2.00 bits per heavy atom. The summed E-state index contributed by atoms with van der Waals surface area (Å²) >= 11 is 0. The number of carbonyl (C=O) groups excluding carboxylic acids is 1. The second kappa shape index (κ2) is 5.87. The first-order valence-electron chi connectivity index (χ1n) is 5.33. The quantitative estimate of drug-likeness (QED) is 0.856. The monoisotopic (exact) mass is 257 g/mol. The minimum atomic E-state index is -0.0648. The third-order valence-electron chi connectivity index (χ3n) is 2.75. The van der Waals surface area contributed by atoms with Crippen LogP contribution < -0.4 is 11.1 Å². The minimum absolute atomic E-state index is 0. The number of hydrogen-bond donors (Lipinski definition) is 2. The molecule has 0 bridgehead atoms. The first-order valence-corrected chi connectivity index (χ1v) is 5.33. The number of nitrogens with zero attached hydrogens (tertiary/aromatic N) is 1. The number of nitrogens with one attached hydrogen (secondary N) is 1. The van der Waals surface area contributed by atoms with Gasteiger partial charge < -0.3 is 11.1 Å². The van der Waals surface area contributed by atoms with Gasteiger partial charge in [-0.15, -0.1) is 12.4 Å². The van der Waals surface area contributed by atoms with E-state index < -0.39 is 0 Å². The van der Waals surface area contributed by atoms with Gasteiger partial charge in [0.15, 0.2) is 0 Å². The summed E-state index contributed by atoms with van der Waals surface area (Å²) in [6.07, 6.45) is 1.56. The fraction of sp³-hybridized carbons (Fsp3) is 0.500. The molecule has 1 atom stereocenters. The van der Waals surface area contributed by atoms with Crippen molar-refractivity contribution in [3.63, 3.8) is 0 Å². The van der Waals surface area contributed by atoms with Crippen LogP contribution in [0, 0.1) is 11.3 Å². The lowest BCUT2D eigenvalue weighted by molar-refractivity contribution is -0.122. The van der Waals surface area contributed by atoms with Crippen molar-refractivity contribution in [1.29, 1.82) is 0 Å². The van der Waals surface area contributed by atoms with Crippen LogP contribution in [0.4, 0.5) is 11.5 Å². The smallest absolute Gasteiger partial charge is 0.227 e. The Morgan fingerprint density at radius 1 is 1.41 bits per heavy atom. The molecule has 0 aromatic carbocycles. The molecule has 0 spiro atoms. The summed E-state index contributed by atoms with van der Waals surface area (Å²) in [4.78, 5) is 15.8. The molecule has 1 aromatic rings. The molecule has 5 heteroatoms. The molecule has 17 heavy (non-hydrogen) atoms. The number of halogens is 1. The summed E-state index contributed by atoms with van der Waals surface area (Å²) in [7, 11) is 0. The van der Waals surface area contributed by atoms with Crippen LogP contribution in [0.3, 0.4) is 0 Å². The molecule has 96 valence electrons. The molecule has 1 unspecified atom stereocenters. The van der Waals surface area contributed by atoms with Crippen molar-refractivity contribution >= 4 is 29.8 Å². The van der Waals surface area contributed by atoms with Gasteiger partial charge in [-0.05, 0) is 17.5 Å². The van der Waals surface area contributed by atoms with Crippen molar-refractivity contribution < 1.29 is 4.79 Å². The Bertz CT molecular complexity index is 370. The van der Waals surface area contributed by atoms with Crippen molar-refractivity contribution in [2.24, 2.45) is 11.3 Å². The van der Waals surface area contributed by atoms with Crippen LogP contribution in [-0.4, -0.2) is 10.9 Å². The molecular weight excluding hydrogens is 238 g/mol. The molecule has 0 aliphatic rings. The second-order valence-electron chi connectivity index (χ2n) is 5.05. The number of nitrogen functional groups attached to an aromatic ring is 1. The number of pyridine rings is 1. The van der Waals surface area contributed by atoms with E-state index in [0.717, 1.165) is 0 Å².